The van der Waals surface area contributed by atoms with Crippen LogP contribution in [0.15, 0.2) is 0 Å². The van der Waals surface area contributed by atoms with Gasteiger partial charge in [-0.1, -0.05) is 13.8 Å². The fourth-order valence-electron chi connectivity index (χ4n) is 3.55. The van der Waals surface area contributed by atoms with Gasteiger partial charge >= 0.3 is 0 Å². The van der Waals surface area contributed by atoms with E-state index < -0.39 is 0 Å². The molecule has 0 N–H and O–H groups in total. The van der Waals surface area contributed by atoms with Crippen molar-refractivity contribution < 1.29 is 4.79 Å². The average molecular weight is 164 g/mol. The maximum atomic E-state index is 11.9. The van der Waals surface area contributed by atoms with E-state index in [1.807, 2.05) is 0 Å². The number of hydrogen-bond donors (Lipinski definition) is 0. The Labute approximate surface area is 73.5 Å². The molecule has 3 saturated carbocycles. The first-order valence-corrected chi connectivity index (χ1v) is 5.11. The van der Waals surface area contributed by atoms with Gasteiger partial charge in [-0.15, -0.1) is 0 Å². The van der Waals surface area contributed by atoms with E-state index in [0.29, 0.717) is 17.1 Å². The monoisotopic (exact) mass is 164 g/mol. The number of rotatable bonds is 0. The van der Waals surface area contributed by atoms with E-state index in [4.69, 9.17) is 0 Å². The first-order chi connectivity index (χ1) is 5.56. The zero-order valence-electron chi connectivity index (χ0n) is 7.89. The Balaban J connectivity index is 2.02. The molecule has 3 aliphatic rings. The molecule has 0 radical (unpaired) electrons. The van der Waals surface area contributed by atoms with Crippen molar-refractivity contribution >= 4 is 5.78 Å². The number of ketones is 1. The highest BCUT2D eigenvalue weighted by Crippen LogP contribution is 2.71. The van der Waals surface area contributed by atoms with Crippen LogP contribution in [0, 0.1) is 22.7 Å². The van der Waals surface area contributed by atoms with E-state index in [2.05, 4.69) is 13.8 Å². The third-order valence-corrected chi connectivity index (χ3v) is 4.78. The molecule has 66 valence electrons. The minimum absolute atomic E-state index is 0.0263. The number of carbonyl (C=O) groups excluding carboxylic acids is 1. The Morgan fingerprint density at radius 3 is 2.42 bits per heavy atom. The zero-order chi connectivity index (χ0) is 8.56. The molecule has 1 heteroatoms. The van der Waals surface area contributed by atoms with Crippen LogP contribution < -0.4 is 0 Å². The van der Waals surface area contributed by atoms with Crippen molar-refractivity contribution in [1.29, 1.82) is 0 Å². The van der Waals surface area contributed by atoms with Crippen LogP contribution in [0.2, 0.25) is 0 Å². The molecule has 0 aromatic rings. The highest BCUT2D eigenvalue weighted by Gasteiger charge is 2.67. The van der Waals surface area contributed by atoms with Crippen LogP contribution in [0.4, 0.5) is 0 Å². The number of fused-ring (bicyclic) bond motifs is 3. The van der Waals surface area contributed by atoms with Gasteiger partial charge in [0.15, 0.2) is 0 Å². The Morgan fingerprint density at radius 1 is 1.33 bits per heavy atom. The van der Waals surface area contributed by atoms with Crippen LogP contribution in [0.5, 0.6) is 0 Å². The van der Waals surface area contributed by atoms with Crippen LogP contribution >= 0.6 is 0 Å². The van der Waals surface area contributed by atoms with Crippen molar-refractivity contribution in [2.24, 2.45) is 22.7 Å². The number of carbonyl (C=O) groups is 1. The third kappa shape index (κ3) is 0.571. The smallest absolute Gasteiger partial charge is 0.142 e. The van der Waals surface area contributed by atoms with Gasteiger partial charge in [0, 0.05) is 11.3 Å². The summed E-state index contributed by atoms with van der Waals surface area (Å²) in [6.07, 6.45) is 5.26. The minimum Gasteiger partial charge on any atom is -0.299 e. The van der Waals surface area contributed by atoms with Crippen molar-refractivity contribution in [1.82, 2.24) is 0 Å². The second-order valence-corrected chi connectivity index (χ2v) is 5.64. The standard InChI is InChI=1S/C11H16O/c1-10(2)7-5-8(9(10)12)11(6-7)3-4-11/h7-8H,3-6H2,1-2H3/t7-,8-/m1/s1. The van der Waals surface area contributed by atoms with Crippen molar-refractivity contribution in [3.63, 3.8) is 0 Å². The molecule has 0 heterocycles. The fraction of sp³-hybridized carbons (Fsp3) is 0.909. The van der Waals surface area contributed by atoms with E-state index in [0.717, 1.165) is 5.92 Å². The number of Topliss-reactive ketones (excluding diaryl/α,β-unsaturated/α-hetero) is 1. The van der Waals surface area contributed by atoms with Gasteiger partial charge in [0.05, 0.1) is 0 Å². The summed E-state index contributed by atoms with van der Waals surface area (Å²) in [5.41, 5.74) is 0.565. The molecule has 12 heavy (non-hydrogen) atoms. The Kier molecular flexibility index (Phi) is 0.971. The first kappa shape index (κ1) is 7.11. The second kappa shape index (κ2) is 1.64. The molecule has 0 amide bonds. The quantitative estimate of drug-likeness (QED) is 0.537. The lowest BCUT2D eigenvalue weighted by molar-refractivity contribution is -0.132. The lowest BCUT2D eigenvalue weighted by atomic mass is 9.70. The first-order valence-electron chi connectivity index (χ1n) is 5.11. The Bertz CT molecular complexity index is 260. The molecular weight excluding hydrogens is 148 g/mol. The van der Waals surface area contributed by atoms with E-state index >= 15 is 0 Å². The van der Waals surface area contributed by atoms with Gasteiger partial charge in [-0.3, -0.25) is 4.79 Å². The van der Waals surface area contributed by atoms with Gasteiger partial charge in [0.25, 0.3) is 0 Å². The maximum absolute atomic E-state index is 11.9. The summed E-state index contributed by atoms with van der Waals surface area (Å²) in [7, 11) is 0. The lowest BCUT2D eigenvalue weighted by Gasteiger charge is -2.32. The van der Waals surface area contributed by atoms with Gasteiger partial charge < -0.3 is 0 Å². The predicted octanol–water partition coefficient (Wildman–Crippen LogP) is 2.40. The molecule has 0 aliphatic heterocycles. The summed E-state index contributed by atoms with van der Waals surface area (Å²) >= 11 is 0. The van der Waals surface area contributed by atoms with Crippen molar-refractivity contribution in [2.75, 3.05) is 0 Å². The summed E-state index contributed by atoms with van der Waals surface area (Å²) in [5, 5.41) is 0. The van der Waals surface area contributed by atoms with Gasteiger partial charge in [0.1, 0.15) is 5.78 Å². The predicted molar refractivity (Wildman–Crippen MR) is 46.7 cm³/mol. The second-order valence-electron chi connectivity index (χ2n) is 5.64. The summed E-state index contributed by atoms with van der Waals surface area (Å²) in [4.78, 5) is 11.9. The maximum Gasteiger partial charge on any atom is 0.142 e. The fourth-order valence-corrected chi connectivity index (χ4v) is 3.55. The van der Waals surface area contributed by atoms with Gasteiger partial charge in [-0.2, -0.15) is 0 Å². The minimum atomic E-state index is 0.0263. The van der Waals surface area contributed by atoms with Crippen LogP contribution in [0.3, 0.4) is 0 Å². The lowest BCUT2D eigenvalue weighted by Crippen LogP contribution is -2.35. The van der Waals surface area contributed by atoms with Crippen molar-refractivity contribution in [3.8, 4) is 0 Å². The molecular formula is C11H16O. The highest BCUT2D eigenvalue weighted by molar-refractivity contribution is 5.91. The molecule has 2 atom stereocenters. The molecule has 1 spiro atoms. The van der Waals surface area contributed by atoms with Crippen LogP contribution in [0.25, 0.3) is 0 Å². The van der Waals surface area contributed by atoms with Crippen LogP contribution in [-0.2, 0) is 4.79 Å². The zero-order valence-corrected chi connectivity index (χ0v) is 7.89. The molecule has 3 aliphatic carbocycles. The summed E-state index contributed by atoms with van der Waals surface area (Å²) in [6, 6.07) is 0. The molecule has 2 bridgehead atoms. The molecule has 0 aromatic heterocycles. The molecule has 1 nitrogen and oxygen atoms in total. The topological polar surface area (TPSA) is 17.1 Å². The summed E-state index contributed by atoms with van der Waals surface area (Å²) in [5.74, 6) is 1.77. The summed E-state index contributed by atoms with van der Waals surface area (Å²) in [6.45, 7) is 4.30. The molecule has 0 saturated heterocycles. The number of hydrogen-bond acceptors (Lipinski definition) is 1. The van der Waals surface area contributed by atoms with E-state index in [1.54, 1.807) is 0 Å². The average Bonchev–Trinajstić information content (AvgIpc) is 2.55. The van der Waals surface area contributed by atoms with E-state index in [1.165, 1.54) is 25.7 Å². The molecule has 3 rings (SSSR count). The van der Waals surface area contributed by atoms with E-state index in [-0.39, 0.29) is 5.41 Å². The summed E-state index contributed by atoms with van der Waals surface area (Å²) < 4.78 is 0. The molecule has 3 fully saturated rings. The Hall–Kier alpha value is -0.330. The van der Waals surface area contributed by atoms with Gasteiger partial charge in [0.2, 0.25) is 0 Å². The van der Waals surface area contributed by atoms with Crippen LogP contribution in [0.1, 0.15) is 39.5 Å². The normalized spacial score (nSPS) is 45.7. The highest BCUT2D eigenvalue weighted by atomic mass is 16.1. The Morgan fingerprint density at radius 2 is 2.00 bits per heavy atom. The largest absolute Gasteiger partial charge is 0.299 e. The molecule has 0 unspecified atom stereocenters. The van der Waals surface area contributed by atoms with Crippen molar-refractivity contribution in [2.45, 2.75) is 39.5 Å². The molecule has 0 aromatic carbocycles. The van der Waals surface area contributed by atoms with Crippen LogP contribution in [-0.4, -0.2) is 5.78 Å². The van der Waals surface area contributed by atoms with Gasteiger partial charge in [-0.25, -0.2) is 0 Å². The SMILES string of the molecule is CC1(C)C(=O)[C@H]2C[C@@H]1CC21CC1. The van der Waals surface area contributed by atoms with E-state index in [9.17, 15) is 4.79 Å². The van der Waals surface area contributed by atoms with Gasteiger partial charge in [-0.05, 0) is 37.0 Å². The third-order valence-electron chi connectivity index (χ3n) is 4.78. The van der Waals surface area contributed by atoms with Crippen molar-refractivity contribution in [3.05, 3.63) is 0 Å².